The summed E-state index contributed by atoms with van der Waals surface area (Å²) in [4.78, 5) is 19.6. The standard InChI is InChI=1S/C28H46N6O2/c1-4-5-6-7-27(35)36-21-34-19-24-17-23(16-22(2)28(24)30-34)18-25(29)20-32-12-14-33(15-13-32)26-8-10-31(3)11-9-26/h16-17,19,25-26H,4-15,18,20-21,29H2,1-3H3/t25-/m1/s1. The van der Waals surface area contributed by atoms with E-state index < -0.39 is 0 Å². The summed E-state index contributed by atoms with van der Waals surface area (Å²) >= 11 is 0. The number of carbonyl (C=O) groups is 1. The van der Waals surface area contributed by atoms with Crippen molar-refractivity contribution in [2.24, 2.45) is 5.73 Å². The van der Waals surface area contributed by atoms with Crippen LogP contribution < -0.4 is 5.73 Å². The maximum atomic E-state index is 11.9. The molecule has 200 valence electrons. The summed E-state index contributed by atoms with van der Waals surface area (Å²) in [6.07, 6.45) is 8.93. The zero-order valence-electron chi connectivity index (χ0n) is 22.6. The van der Waals surface area contributed by atoms with Crippen molar-refractivity contribution < 1.29 is 9.53 Å². The molecule has 2 N–H and O–H groups in total. The average molecular weight is 499 g/mol. The van der Waals surface area contributed by atoms with Crippen LogP contribution in [0.5, 0.6) is 0 Å². The molecule has 2 aliphatic heterocycles. The van der Waals surface area contributed by atoms with Crippen molar-refractivity contribution in [2.75, 3.05) is 52.9 Å². The number of nitrogens with zero attached hydrogens (tertiary/aromatic N) is 5. The topological polar surface area (TPSA) is 79.9 Å². The van der Waals surface area contributed by atoms with Crippen molar-refractivity contribution in [3.63, 3.8) is 0 Å². The number of fused-ring (bicyclic) bond motifs is 1. The van der Waals surface area contributed by atoms with Gasteiger partial charge in [0.2, 0.25) is 0 Å². The highest BCUT2D eigenvalue weighted by molar-refractivity contribution is 5.82. The number of esters is 1. The molecule has 0 amide bonds. The maximum Gasteiger partial charge on any atom is 0.307 e. The van der Waals surface area contributed by atoms with Crippen LogP contribution in [0.3, 0.4) is 0 Å². The zero-order valence-corrected chi connectivity index (χ0v) is 22.6. The Bertz CT molecular complexity index is 976. The van der Waals surface area contributed by atoms with Gasteiger partial charge in [-0.15, -0.1) is 0 Å². The van der Waals surface area contributed by atoms with Crippen molar-refractivity contribution >= 4 is 16.9 Å². The second-order valence-electron chi connectivity index (χ2n) is 11.0. The summed E-state index contributed by atoms with van der Waals surface area (Å²) in [5, 5.41) is 5.71. The first kappa shape index (κ1) is 27.0. The van der Waals surface area contributed by atoms with E-state index in [-0.39, 0.29) is 18.7 Å². The Kier molecular flexibility index (Phi) is 9.76. The fourth-order valence-electron chi connectivity index (χ4n) is 5.72. The highest BCUT2D eigenvalue weighted by atomic mass is 16.5. The molecule has 4 rings (SSSR count). The first-order valence-electron chi connectivity index (χ1n) is 13.9. The minimum Gasteiger partial charge on any atom is -0.442 e. The Morgan fingerprint density at radius 2 is 1.89 bits per heavy atom. The molecule has 8 heteroatoms. The SMILES string of the molecule is CCCCCC(=O)OCn1cc2cc(C[C@@H](N)CN3CCN(C4CCN(C)CC4)CC3)cc(C)c2n1. The average Bonchev–Trinajstić information content (AvgIpc) is 3.27. The van der Waals surface area contributed by atoms with Crippen LogP contribution >= 0.6 is 0 Å². The minimum absolute atomic E-state index is 0.107. The lowest BCUT2D eigenvalue weighted by molar-refractivity contribution is -0.148. The molecule has 0 radical (unpaired) electrons. The van der Waals surface area contributed by atoms with Gasteiger partial charge in [-0.3, -0.25) is 14.6 Å². The zero-order chi connectivity index (χ0) is 25.5. The first-order chi connectivity index (χ1) is 17.4. The van der Waals surface area contributed by atoms with Crippen LogP contribution in [0, 0.1) is 6.92 Å². The van der Waals surface area contributed by atoms with Crippen LogP contribution in [0.1, 0.15) is 56.6 Å². The fourth-order valence-corrected chi connectivity index (χ4v) is 5.72. The highest BCUT2D eigenvalue weighted by Gasteiger charge is 2.27. The van der Waals surface area contributed by atoms with E-state index in [9.17, 15) is 4.79 Å². The number of piperidine rings is 1. The second kappa shape index (κ2) is 13.0. The Morgan fingerprint density at radius 1 is 1.14 bits per heavy atom. The molecule has 2 aromatic rings. The summed E-state index contributed by atoms with van der Waals surface area (Å²) in [6, 6.07) is 5.26. The number of benzene rings is 1. The molecule has 0 bridgehead atoms. The van der Waals surface area contributed by atoms with Gasteiger partial charge in [0.25, 0.3) is 0 Å². The molecule has 0 unspecified atom stereocenters. The Labute approximate surface area is 216 Å². The second-order valence-corrected chi connectivity index (χ2v) is 11.0. The van der Waals surface area contributed by atoms with Crippen LogP contribution in [0.2, 0.25) is 0 Å². The molecule has 1 atom stereocenters. The third-order valence-corrected chi connectivity index (χ3v) is 7.85. The Balaban J connectivity index is 1.25. The van der Waals surface area contributed by atoms with Gasteiger partial charge in [0.15, 0.2) is 6.73 Å². The number of aromatic nitrogens is 2. The summed E-state index contributed by atoms with van der Waals surface area (Å²) < 4.78 is 7.13. The molecule has 3 heterocycles. The number of likely N-dealkylation sites (tertiary alicyclic amines) is 1. The lowest BCUT2D eigenvalue weighted by Gasteiger charge is -2.42. The molecule has 0 aliphatic carbocycles. The van der Waals surface area contributed by atoms with E-state index in [4.69, 9.17) is 10.5 Å². The van der Waals surface area contributed by atoms with Gasteiger partial charge in [-0.1, -0.05) is 25.8 Å². The fraction of sp³-hybridized carbons (Fsp3) is 0.714. The number of ether oxygens (including phenoxy) is 1. The molecule has 2 saturated heterocycles. The molecule has 36 heavy (non-hydrogen) atoms. The van der Waals surface area contributed by atoms with Gasteiger partial charge in [0.05, 0.1) is 5.52 Å². The van der Waals surface area contributed by atoms with Crippen LogP contribution in [-0.2, 0) is 22.7 Å². The lowest BCUT2D eigenvalue weighted by atomic mass is 10.0. The predicted octanol–water partition coefficient (Wildman–Crippen LogP) is 3.01. The van der Waals surface area contributed by atoms with Gasteiger partial charge in [-0.05, 0) is 69.9 Å². The maximum absolute atomic E-state index is 11.9. The van der Waals surface area contributed by atoms with Crippen LogP contribution in [0.15, 0.2) is 18.3 Å². The normalized spacial score (nSPS) is 19.7. The van der Waals surface area contributed by atoms with Crippen molar-refractivity contribution in [1.29, 1.82) is 0 Å². The van der Waals surface area contributed by atoms with Crippen molar-refractivity contribution in [1.82, 2.24) is 24.5 Å². The van der Waals surface area contributed by atoms with E-state index in [2.05, 4.69) is 52.8 Å². The molecule has 2 aliphatic rings. The molecule has 0 saturated carbocycles. The number of aryl methyl sites for hydroxylation is 1. The Hall–Kier alpha value is -2.00. The summed E-state index contributed by atoms with van der Waals surface area (Å²) in [7, 11) is 2.23. The van der Waals surface area contributed by atoms with Crippen LogP contribution in [0.4, 0.5) is 0 Å². The van der Waals surface area contributed by atoms with E-state index in [1.54, 1.807) is 4.68 Å². The number of carbonyl (C=O) groups excluding carboxylic acids is 1. The largest absolute Gasteiger partial charge is 0.442 e. The van der Waals surface area contributed by atoms with Crippen molar-refractivity contribution in [2.45, 2.75) is 77.6 Å². The van der Waals surface area contributed by atoms with Crippen molar-refractivity contribution in [3.05, 3.63) is 29.5 Å². The minimum atomic E-state index is -0.154. The van der Waals surface area contributed by atoms with E-state index in [1.165, 1.54) is 31.5 Å². The molecule has 8 nitrogen and oxygen atoms in total. The number of piperazine rings is 1. The number of hydrogen-bond acceptors (Lipinski definition) is 7. The summed E-state index contributed by atoms with van der Waals surface area (Å²) in [5.41, 5.74) is 9.96. The highest BCUT2D eigenvalue weighted by Crippen LogP contribution is 2.21. The number of unbranched alkanes of at least 4 members (excludes halogenated alkanes) is 2. The summed E-state index contributed by atoms with van der Waals surface area (Å²) in [6.45, 7) is 12.3. The van der Waals surface area contributed by atoms with Crippen LogP contribution in [-0.4, -0.2) is 95.4 Å². The van der Waals surface area contributed by atoms with Gasteiger partial charge >= 0.3 is 5.97 Å². The molecule has 2 fully saturated rings. The quantitative estimate of drug-likeness (QED) is 0.377. The van der Waals surface area contributed by atoms with Gasteiger partial charge in [0.1, 0.15) is 0 Å². The van der Waals surface area contributed by atoms with Gasteiger partial charge in [-0.25, -0.2) is 4.68 Å². The smallest absolute Gasteiger partial charge is 0.307 e. The van der Waals surface area contributed by atoms with Crippen molar-refractivity contribution in [3.8, 4) is 0 Å². The molecule has 0 spiro atoms. The van der Waals surface area contributed by atoms with E-state index in [1.807, 2.05) is 6.20 Å². The Morgan fingerprint density at radius 3 is 2.61 bits per heavy atom. The van der Waals surface area contributed by atoms with Gasteiger partial charge in [-0.2, -0.15) is 5.10 Å². The monoisotopic (exact) mass is 498 g/mol. The lowest BCUT2D eigenvalue weighted by Crippen LogP contribution is -2.54. The number of hydrogen-bond donors (Lipinski definition) is 1. The molecule has 1 aromatic heterocycles. The van der Waals surface area contributed by atoms with Gasteiger partial charge in [0, 0.05) is 62.8 Å². The van der Waals surface area contributed by atoms with E-state index in [0.29, 0.717) is 6.42 Å². The van der Waals surface area contributed by atoms with E-state index in [0.717, 1.165) is 80.9 Å². The van der Waals surface area contributed by atoms with Crippen LogP contribution in [0.25, 0.3) is 10.9 Å². The first-order valence-corrected chi connectivity index (χ1v) is 13.9. The third kappa shape index (κ3) is 7.51. The molecule has 1 aromatic carbocycles. The van der Waals surface area contributed by atoms with E-state index >= 15 is 0 Å². The summed E-state index contributed by atoms with van der Waals surface area (Å²) in [5.74, 6) is -0.154. The number of rotatable bonds is 11. The predicted molar refractivity (Wildman–Crippen MR) is 145 cm³/mol. The van der Waals surface area contributed by atoms with Gasteiger partial charge < -0.3 is 15.4 Å². The third-order valence-electron chi connectivity index (χ3n) is 7.85. The molecular weight excluding hydrogens is 452 g/mol. The number of nitrogens with two attached hydrogens (primary N) is 1. The molecular formula is C28H46N6O2.